The molecule has 0 amide bonds. The fourth-order valence-corrected chi connectivity index (χ4v) is 2.65. The van der Waals surface area contributed by atoms with Gasteiger partial charge in [0.05, 0.1) is 5.69 Å². The van der Waals surface area contributed by atoms with E-state index in [1.807, 2.05) is 44.3 Å². The average molecular weight is 320 g/mol. The molecule has 0 aliphatic heterocycles. The van der Waals surface area contributed by atoms with Crippen LogP contribution in [0.2, 0.25) is 0 Å². The Kier molecular flexibility index (Phi) is 4.85. The number of aromatic nitrogens is 2. The highest BCUT2D eigenvalue weighted by Gasteiger charge is 2.08. The van der Waals surface area contributed by atoms with E-state index in [2.05, 4.69) is 28.3 Å². The van der Waals surface area contributed by atoms with E-state index in [0.29, 0.717) is 19.3 Å². The van der Waals surface area contributed by atoms with Crippen LogP contribution in [-0.2, 0) is 17.6 Å². The number of benzene rings is 1. The van der Waals surface area contributed by atoms with Crippen LogP contribution in [0, 0.1) is 13.8 Å². The third-order valence-electron chi connectivity index (χ3n) is 3.91. The number of rotatable bonds is 6. The number of hydrogen-bond donors (Lipinski definition) is 0. The second kappa shape index (κ2) is 7.21. The topological polar surface area (TPSA) is 56.0 Å². The highest BCUT2D eigenvalue weighted by molar-refractivity contribution is 5.81. The second-order valence-corrected chi connectivity index (χ2v) is 6.03. The molecule has 0 aliphatic carbocycles. The van der Waals surface area contributed by atoms with Gasteiger partial charge >= 0.3 is 0 Å². The maximum atomic E-state index is 12.1. The van der Waals surface area contributed by atoms with E-state index in [9.17, 15) is 4.79 Å². The van der Waals surface area contributed by atoms with Gasteiger partial charge in [0.2, 0.25) is 0 Å². The van der Waals surface area contributed by atoms with E-state index in [0.717, 1.165) is 33.8 Å². The van der Waals surface area contributed by atoms with Gasteiger partial charge in [0.25, 0.3) is 0 Å². The zero-order valence-electron chi connectivity index (χ0n) is 14.0. The molecule has 0 fully saturated rings. The predicted octanol–water partition coefficient (Wildman–Crippen LogP) is 4.10. The summed E-state index contributed by atoms with van der Waals surface area (Å²) in [5.41, 5.74) is 5.15. The highest BCUT2D eigenvalue weighted by atomic mass is 16.5. The Morgan fingerprint density at radius 2 is 1.79 bits per heavy atom. The van der Waals surface area contributed by atoms with E-state index in [4.69, 9.17) is 4.52 Å². The number of pyridine rings is 1. The molecule has 0 bridgehead atoms. The third kappa shape index (κ3) is 4.16. The number of carbonyl (C=O) groups is 1. The van der Waals surface area contributed by atoms with Crippen LogP contribution in [0.3, 0.4) is 0 Å². The Balaban J connectivity index is 1.58. The second-order valence-electron chi connectivity index (χ2n) is 6.03. The molecular weight excluding hydrogens is 300 g/mol. The third-order valence-corrected chi connectivity index (χ3v) is 3.91. The van der Waals surface area contributed by atoms with Crippen LogP contribution in [0.25, 0.3) is 11.1 Å². The van der Waals surface area contributed by atoms with Gasteiger partial charge in [0.1, 0.15) is 11.5 Å². The lowest BCUT2D eigenvalue weighted by Crippen LogP contribution is -2.04. The lowest BCUT2D eigenvalue weighted by atomic mass is 10.0. The van der Waals surface area contributed by atoms with Crippen molar-refractivity contribution in [3.05, 3.63) is 71.4 Å². The normalized spacial score (nSPS) is 10.8. The van der Waals surface area contributed by atoms with Crippen molar-refractivity contribution in [3.63, 3.8) is 0 Å². The van der Waals surface area contributed by atoms with Crippen LogP contribution in [0.4, 0.5) is 0 Å². The zero-order valence-corrected chi connectivity index (χ0v) is 14.0. The molecule has 122 valence electrons. The molecule has 4 nitrogen and oxygen atoms in total. The number of hydrogen-bond acceptors (Lipinski definition) is 4. The van der Waals surface area contributed by atoms with Crippen molar-refractivity contribution in [2.24, 2.45) is 0 Å². The van der Waals surface area contributed by atoms with Crippen molar-refractivity contribution in [2.75, 3.05) is 0 Å². The lowest BCUT2D eigenvalue weighted by molar-refractivity contribution is -0.118. The minimum Gasteiger partial charge on any atom is -0.361 e. The summed E-state index contributed by atoms with van der Waals surface area (Å²) in [5, 5.41) is 3.83. The van der Waals surface area contributed by atoms with Crippen LogP contribution < -0.4 is 0 Å². The maximum Gasteiger partial charge on any atom is 0.137 e. The number of nitrogens with zero attached hydrogens (tertiary/aromatic N) is 2. The summed E-state index contributed by atoms with van der Waals surface area (Å²) >= 11 is 0. The molecule has 24 heavy (non-hydrogen) atoms. The van der Waals surface area contributed by atoms with Crippen molar-refractivity contribution >= 4 is 5.78 Å². The van der Waals surface area contributed by atoms with Gasteiger partial charge in [-0.1, -0.05) is 29.4 Å². The molecule has 3 aromatic rings. The van der Waals surface area contributed by atoms with E-state index in [-0.39, 0.29) is 5.78 Å². The Morgan fingerprint density at radius 1 is 1.00 bits per heavy atom. The van der Waals surface area contributed by atoms with Crippen molar-refractivity contribution in [3.8, 4) is 11.1 Å². The fourth-order valence-electron chi connectivity index (χ4n) is 2.65. The molecule has 2 aromatic heterocycles. The van der Waals surface area contributed by atoms with Crippen LogP contribution >= 0.6 is 0 Å². The first kappa shape index (κ1) is 16.1. The minimum absolute atomic E-state index is 0.205. The molecule has 0 spiro atoms. The summed E-state index contributed by atoms with van der Waals surface area (Å²) in [6.45, 7) is 3.85. The molecule has 1 aromatic carbocycles. The quantitative estimate of drug-likeness (QED) is 0.686. The summed E-state index contributed by atoms with van der Waals surface area (Å²) < 4.78 is 5.13. The standard InChI is InChI=1S/C20H20N2O2/c1-14-11-18(9-10-21-14)17-5-3-16(4-6-17)13-19(23)7-8-20-12-15(2)22-24-20/h3-6,9-12H,7-8,13H2,1-2H3. The number of carbonyl (C=O) groups excluding carboxylic acids is 1. The summed E-state index contributed by atoms with van der Waals surface area (Å²) in [4.78, 5) is 16.3. The molecule has 0 unspecified atom stereocenters. The van der Waals surface area contributed by atoms with Crippen LogP contribution in [0.5, 0.6) is 0 Å². The van der Waals surface area contributed by atoms with Crippen molar-refractivity contribution < 1.29 is 9.32 Å². The molecule has 4 heteroatoms. The van der Waals surface area contributed by atoms with Gasteiger partial charge < -0.3 is 4.52 Å². The van der Waals surface area contributed by atoms with Crippen molar-refractivity contribution in [1.29, 1.82) is 0 Å². The molecule has 0 radical (unpaired) electrons. The molecule has 2 heterocycles. The van der Waals surface area contributed by atoms with E-state index < -0.39 is 0 Å². The van der Waals surface area contributed by atoms with E-state index >= 15 is 0 Å². The Bertz CT molecular complexity index is 835. The van der Waals surface area contributed by atoms with Crippen molar-refractivity contribution in [2.45, 2.75) is 33.1 Å². The molecular formula is C20H20N2O2. The highest BCUT2D eigenvalue weighted by Crippen LogP contribution is 2.20. The van der Waals surface area contributed by atoms with Crippen molar-refractivity contribution in [1.82, 2.24) is 10.1 Å². The Hall–Kier alpha value is -2.75. The summed E-state index contributed by atoms with van der Waals surface area (Å²) in [6.07, 6.45) is 3.34. The SMILES string of the molecule is Cc1cc(-c2ccc(CC(=O)CCc3cc(C)no3)cc2)ccn1. The molecule has 0 N–H and O–H groups in total. The van der Waals surface area contributed by atoms with E-state index in [1.54, 1.807) is 0 Å². The van der Waals surface area contributed by atoms with Gasteiger partial charge in [-0.05, 0) is 42.7 Å². The molecule has 0 atom stereocenters. The molecule has 0 aliphatic rings. The van der Waals surface area contributed by atoms with Crippen LogP contribution in [-0.4, -0.2) is 15.9 Å². The van der Waals surface area contributed by atoms with Crippen LogP contribution in [0.15, 0.2) is 53.2 Å². The number of Topliss-reactive ketones (excluding diaryl/α,β-unsaturated/α-hetero) is 1. The number of ketones is 1. The smallest absolute Gasteiger partial charge is 0.137 e. The van der Waals surface area contributed by atoms with Gasteiger partial charge in [0, 0.05) is 37.2 Å². The maximum absolute atomic E-state index is 12.1. The lowest BCUT2D eigenvalue weighted by Gasteiger charge is -2.05. The first-order valence-electron chi connectivity index (χ1n) is 8.06. The Labute approximate surface area is 141 Å². The van der Waals surface area contributed by atoms with Gasteiger partial charge in [-0.2, -0.15) is 0 Å². The van der Waals surface area contributed by atoms with Gasteiger partial charge in [-0.25, -0.2) is 0 Å². The molecule has 0 saturated heterocycles. The monoisotopic (exact) mass is 320 g/mol. The fraction of sp³-hybridized carbons (Fsp3) is 0.250. The zero-order chi connectivity index (χ0) is 16.9. The molecule has 3 rings (SSSR count). The van der Waals surface area contributed by atoms with Crippen LogP contribution in [0.1, 0.15) is 29.1 Å². The van der Waals surface area contributed by atoms with Gasteiger partial charge in [-0.3, -0.25) is 9.78 Å². The summed E-state index contributed by atoms with van der Waals surface area (Å²) in [5.74, 6) is 0.973. The Morgan fingerprint density at radius 3 is 2.46 bits per heavy atom. The largest absolute Gasteiger partial charge is 0.361 e. The first-order valence-corrected chi connectivity index (χ1v) is 8.06. The van der Waals surface area contributed by atoms with E-state index in [1.165, 1.54) is 0 Å². The predicted molar refractivity (Wildman–Crippen MR) is 92.7 cm³/mol. The number of aryl methyl sites for hydroxylation is 3. The first-order chi connectivity index (χ1) is 11.6. The minimum atomic E-state index is 0.205. The summed E-state index contributed by atoms with van der Waals surface area (Å²) in [6, 6.07) is 14.1. The summed E-state index contributed by atoms with van der Waals surface area (Å²) in [7, 11) is 0. The van der Waals surface area contributed by atoms with Gasteiger partial charge in [0.15, 0.2) is 0 Å². The van der Waals surface area contributed by atoms with Gasteiger partial charge in [-0.15, -0.1) is 0 Å². The molecule has 0 saturated carbocycles. The average Bonchev–Trinajstić information content (AvgIpc) is 2.99.